The van der Waals surface area contributed by atoms with Gasteiger partial charge < -0.3 is 9.55 Å². The van der Waals surface area contributed by atoms with E-state index in [1.165, 1.54) is 6.07 Å². The summed E-state index contributed by atoms with van der Waals surface area (Å²) in [5.74, 6) is 0.797. The molecular formula is C9H8N4O. The van der Waals surface area contributed by atoms with Gasteiger partial charge in [-0.05, 0) is 13.0 Å². The van der Waals surface area contributed by atoms with Crippen LogP contribution in [0, 0.1) is 18.3 Å². The molecule has 0 spiro atoms. The van der Waals surface area contributed by atoms with Crippen LogP contribution in [-0.2, 0) is 7.05 Å². The first-order valence-corrected chi connectivity index (χ1v) is 4.10. The van der Waals surface area contributed by atoms with Gasteiger partial charge in [-0.25, -0.2) is 4.98 Å². The Balaban J connectivity index is 2.95. The van der Waals surface area contributed by atoms with E-state index in [-0.39, 0.29) is 11.1 Å². The van der Waals surface area contributed by atoms with Gasteiger partial charge in [0, 0.05) is 7.05 Å². The minimum Gasteiger partial charge on any atom is -0.318 e. The summed E-state index contributed by atoms with van der Waals surface area (Å²) in [5.41, 5.74) is 1.01. The lowest BCUT2D eigenvalue weighted by Gasteiger charge is -1.95. The predicted molar refractivity (Wildman–Crippen MR) is 50.8 cm³/mol. The highest BCUT2D eigenvalue weighted by atomic mass is 16.1. The first kappa shape index (κ1) is 8.51. The summed E-state index contributed by atoms with van der Waals surface area (Å²) in [6, 6.07) is 3.32. The molecule has 2 rings (SSSR count). The summed E-state index contributed by atoms with van der Waals surface area (Å²) in [6.45, 7) is 1.84. The highest BCUT2D eigenvalue weighted by molar-refractivity contribution is 5.72. The molecule has 5 nitrogen and oxygen atoms in total. The molecule has 0 aliphatic heterocycles. The standard InChI is InChI=1S/C9H8N4O/c1-5-11-7-3-6(4-10)9(14)12-8(7)13(5)2/h3H,1-2H3,(H,12,14). The number of aromatic amines is 1. The maximum Gasteiger partial charge on any atom is 0.267 e. The van der Waals surface area contributed by atoms with E-state index in [9.17, 15) is 4.79 Å². The van der Waals surface area contributed by atoms with Crippen molar-refractivity contribution in [2.75, 3.05) is 0 Å². The van der Waals surface area contributed by atoms with Crippen molar-refractivity contribution in [3.63, 3.8) is 0 Å². The second-order valence-electron chi connectivity index (χ2n) is 3.08. The Hall–Kier alpha value is -2.09. The summed E-state index contributed by atoms with van der Waals surface area (Å²) in [4.78, 5) is 18.1. The molecule has 5 heteroatoms. The molecule has 0 bridgehead atoms. The monoisotopic (exact) mass is 188 g/mol. The molecule has 70 valence electrons. The van der Waals surface area contributed by atoms with Crippen LogP contribution in [0.2, 0.25) is 0 Å². The highest BCUT2D eigenvalue weighted by Gasteiger charge is 2.07. The minimum atomic E-state index is -0.372. The lowest BCUT2D eigenvalue weighted by atomic mass is 10.3. The number of aromatic nitrogens is 3. The third-order valence-electron chi connectivity index (χ3n) is 2.22. The third kappa shape index (κ3) is 1.01. The van der Waals surface area contributed by atoms with Gasteiger partial charge in [0.05, 0.1) is 0 Å². The van der Waals surface area contributed by atoms with Gasteiger partial charge in [-0.15, -0.1) is 0 Å². The second kappa shape index (κ2) is 2.70. The van der Waals surface area contributed by atoms with Gasteiger partial charge >= 0.3 is 0 Å². The van der Waals surface area contributed by atoms with Gasteiger partial charge in [0.15, 0.2) is 0 Å². The molecule has 0 saturated heterocycles. The van der Waals surface area contributed by atoms with Crippen molar-refractivity contribution in [2.24, 2.45) is 7.05 Å². The Labute approximate surface area is 79.6 Å². The highest BCUT2D eigenvalue weighted by Crippen LogP contribution is 2.10. The van der Waals surface area contributed by atoms with Gasteiger partial charge in [0.25, 0.3) is 5.56 Å². The van der Waals surface area contributed by atoms with Crippen molar-refractivity contribution in [3.8, 4) is 6.07 Å². The van der Waals surface area contributed by atoms with Gasteiger partial charge in [-0.1, -0.05) is 0 Å². The fourth-order valence-electron chi connectivity index (χ4n) is 1.34. The molecule has 14 heavy (non-hydrogen) atoms. The molecule has 2 aromatic heterocycles. The van der Waals surface area contributed by atoms with E-state index in [1.54, 1.807) is 4.57 Å². The predicted octanol–water partition coefficient (Wildman–Crippen LogP) is 0.442. The van der Waals surface area contributed by atoms with Crippen molar-refractivity contribution in [2.45, 2.75) is 6.92 Å². The number of H-pyrrole nitrogens is 1. The van der Waals surface area contributed by atoms with Crippen LogP contribution in [0.25, 0.3) is 11.2 Å². The van der Waals surface area contributed by atoms with Gasteiger partial charge in [-0.3, -0.25) is 4.79 Å². The number of aryl methyl sites for hydroxylation is 2. The van der Waals surface area contributed by atoms with Crippen molar-refractivity contribution in [1.29, 1.82) is 5.26 Å². The average molecular weight is 188 g/mol. The fourth-order valence-corrected chi connectivity index (χ4v) is 1.34. The largest absolute Gasteiger partial charge is 0.318 e. The van der Waals surface area contributed by atoms with E-state index in [0.717, 1.165) is 5.82 Å². The molecule has 0 aliphatic rings. The lowest BCUT2D eigenvalue weighted by Crippen LogP contribution is -2.10. The Morgan fingerprint density at radius 2 is 2.36 bits per heavy atom. The summed E-state index contributed by atoms with van der Waals surface area (Å²) in [5, 5.41) is 8.65. The van der Waals surface area contributed by atoms with Crippen LogP contribution >= 0.6 is 0 Å². The Kier molecular flexibility index (Phi) is 1.64. The first-order chi connectivity index (χ1) is 6.63. The van der Waals surface area contributed by atoms with Crippen LogP contribution in [0.15, 0.2) is 10.9 Å². The molecule has 0 amide bonds. The number of nitriles is 1. The summed E-state index contributed by atoms with van der Waals surface area (Å²) in [6.07, 6.45) is 0. The molecule has 0 saturated carbocycles. The number of nitrogens with one attached hydrogen (secondary N) is 1. The zero-order chi connectivity index (χ0) is 10.3. The topological polar surface area (TPSA) is 74.5 Å². The molecule has 0 aromatic carbocycles. The smallest absolute Gasteiger partial charge is 0.267 e. The summed E-state index contributed by atoms with van der Waals surface area (Å²) < 4.78 is 1.78. The molecule has 1 N–H and O–H groups in total. The van der Waals surface area contributed by atoms with Crippen molar-refractivity contribution in [1.82, 2.24) is 14.5 Å². The first-order valence-electron chi connectivity index (χ1n) is 4.10. The fraction of sp³-hybridized carbons (Fsp3) is 0.222. The summed E-state index contributed by atoms with van der Waals surface area (Å²) in [7, 11) is 1.81. The normalized spacial score (nSPS) is 10.4. The molecule has 2 aromatic rings. The van der Waals surface area contributed by atoms with Gasteiger partial charge in [0.2, 0.25) is 0 Å². The minimum absolute atomic E-state index is 0.0931. The quantitative estimate of drug-likeness (QED) is 0.651. The van der Waals surface area contributed by atoms with Gasteiger partial charge in [-0.2, -0.15) is 5.26 Å². The number of pyridine rings is 1. The summed E-state index contributed by atoms with van der Waals surface area (Å²) >= 11 is 0. The van der Waals surface area contributed by atoms with Crippen LogP contribution in [0.3, 0.4) is 0 Å². The zero-order valence-electron chi connectivity index (χ0n) is 7.83. The van der Waals surface area contributed by atoms with E-state index in [2.05, 4.69) is 9.97 Å². The maximum absolute atomic E-state index is 11.3. The number of rotatable bonds is 0. The molecule has 0 radical (unpaired) electrons. The second-order valence-corrected chi connectivity index (χ2v) is 3.08. The zero-order valence-corrected chi connectivity index (χ0v) is 7.83. The molecular weight excluding hydrogens is 180 g/mol. The van der Waals surface area contributed by atoms with E-state index in [4.69, 9.17) is 5.26 Å². The Bertz CT molecular complexity index is 600. The van der Waals surface area contributed by atoms with Crippen molar-refractivity contribution in [3.05, 3.63) is 27.8 Å². The molecule has 2 heterocycles. The van der Waals surface area contributed by atoms with Crippen LogP contribution < -0.4 is 5.56 Å². The van der Waals surface area contributed by atoms with E-state index in [0.29, 0.717) is 11.2 Å². The average Bonchev–Trinajstić information content (AvgIpc) is 2.43. The third-order valence-corrected chi connectivity index (χ3v) is 2.22. The van der Waals surface area contributed by atoms with E-state index >= 15 is 0 Å². The van der Waals surface area contributed by atoms with Crippen LogP contribution in [-0.4, -0.2) is 14.5 Å². The van der Waals surface area contributed by atoms with E-state index < -0.39 is 0 Å². The Morgan fingerprint density at radius 3 is 3.00 bits per heavy atom. The van der Waals surface area contributed by atoms with Crippen LogP contribution in [0.4, 0.5) is 0 Å². The number of fused-ring (bicyclic) bond motifs is 1. The number of hydrogen-bond donors (Lipinski definition) is 1. The molecule has 0 unspecified atom stereocenters. The molecule has 0 fully saturated rings. The Morgan fingerprint density at radius 1 is 1.64 bits per heavy atom. The maximum atomic E-state index is 11.3. The molecule has 0 aliphatic carbocycles. The van der Waals surface area contributed by atoms with Crippen LogP contribution in [0.1, 0.15) is 11.4 Å². The van der Waals surface area contributed by atoms with E-state index in [1.807, 2.05) is 20.0 Å². The van der Waals surface area contributed by atoms with Crippen molar-refractivity contribution < 1.29 is 0 Å². The van der Waals surface area contributed by atoms with Crippen molar-refractivity contribution >= 4 is 11.2 Å². The number of hydrogen-bond acceptors (Lipinski definition) is 3. The number of nitrogens with zero attached hydrogens (tertiary/aromatic N) is 3. The van der Waals surface area contributed by atoms with Crippen LogP contribution in [0.5, 0.6) is 0 Å². The SMILES string of the molecule is Cc1nc2cc(C#N)c(=O)[nH]c2n1C. The number of imidazole rings is 1. The lowest BCUT2D eigenvalue weighted by molar-refractivity contribution is 0.872. The van der Waals surface area contributed by atoms with Gasteiger partial charge in [0.1, 0.15) is 28.6 Å². The molecule has 0 atom stereocenters.